The molecule has 2 aromatic carbocycles. The minimum atomic E-state index is -4.88. The molecule has 6 heteroatoms. The SMILES string of the molecule is CCCc1ccc2c(c1-c1cc(C(F)(F)F)cc(C(F)(F)F)c1)C=C(C(C)(C)C)[CH]2. The Hall–Kier alpha value is -2.24. The summed E-state index contributed by atoms with van der Waals surface area (Å²) < 4.78 is 80.4. The van der Waals surface area contributed by atoms with Crippen LogP contribution in [-0.4, -0.2) is 0 Å². The molecule has 0 atom stereocenters. The van der Waals surface area contributed by atoms with Crippen molar-refractivity contribution in [3.05, 3.63) is 70.1 Å². The van der Waals surface area contributed by atoms with E-state index in [9.17, 15) is 26.3 Å². The molecular weight excluding hydrogens is 402 g/mol. The first-order chi connectivity index (χ1) is 13.7. The summed E-state index contributed by atoms with van der Waals surface area (Å²) >= 11 is 0. The van der Waals surface area contributed by atoms with Crippen molar-refractivity contribution in [1.29, 1.82) is 0 Å². The predicted octanol–water partition coefficient (Wildman–Crippen LogP) is 8.34. The zero-order valence-electron chi connectivity index (χ0n) is 17.2. The lowest BCUT2D eigenvalue weighted by atomic mass is 9.85. The Morgan fingerprint density at radius 1 is 0.800 bits per heavy atom. The van der Waals surface area contributed by atoms with Gasteiger partial charge in [-0.25, -0.2) is 0 Å². The molecule has 3 rings (SSSR count). The normalized spacial score (nSPS) is 14.7. The van der Waals surface area contributed by atoms with Crippen LogP contribution in [0, 0.1) is 11.8 Å². The van der Waals surface area contributed by atoms with Crippen molar-refractivity contribution in [3.8, 4) is 11.1 Å². The topological polar surface area (TPSA) is 0 Å². The predicted molar refractivity (Wildman–Crippen MR) is 107 cm³/mol. The van der Waals surface area contributed by atoms with Gasteiger partial charge in [-0.1, -0.05) is 57.9 Å². The van der Waals surface area contributed by atoms with Crippen molar-refractivity contribution < 1.29 is 26.3 Å². The van der Waals surface area contributed by atoms with Crippen molar-refractivity contribution in [3.63, 3.8) is 0 Å². The molecule has 0 saturated heterocycles. The number of allylic oxidation sites excluding steroid dienone is 1. The molecule has 0 nitrogen and oxygen atoms in total. The Kier molecular flexibility index (Phi) is 5.59. The van der Waals surface area contributed by atoms with Crippen LogP contribution in [0.1, 0.15) is 61.9 Å². The molecule has 0 heterocycles. The highest BCUT2D eigenvalue weighted by molar-refractivity contribution is 5.86. The molecular formula is C24H23F6. The van der Waals surface area contributed by atoms with E-state index in [1.54, 1.807) is 6.07 Å². The third-order valence-corrected chi connectivity index (χ3v) is 5.24. The van der Waals surface area contributed by atoms with Gasteiger partial charge in [-0.05, 0) is 57.9 Å². The second-order valence-electron chi connectivity index (χ2n) is 8.64. The fourth-order valence-corrected chi connectivity index (χ4v) is 3.68. The average Bonchev–Trinajstić information content (AvgIpc) is 3.04. The standard InChI is InChI=1S/C24H23F6/c1-5-6-14-7-8-15-9-17(22(2,3)4)13-20(15)21(14)16-10-18(23(25,26)27)12-19(11-16)24(28,29)30/h7-13H,5-6H2,1-4H3. The molecule has 0 N–H and O–H groups in total. The van der Waals surface area contributed by atoms with Gasteiger partial charge < -0.3 is 0 Å². The number of benzene rings is 2. The summed E-state index contributed by atoms with van der Waals surface area (Å²) in [6.45, 7) is 7.96. The second kappa shape index (κ2) is 7.47. The lowest BCUT2D eigenvalue weighted by Crippen LogP contribution is -2.11. The smallest absolute Gasteiger partial charge is 0.166 e. The van der Waals surface area contributed by atoms with Gasteiger partial charge in [0.1, 0.15) is 0 Å². The lowest BCUT2D eigenvalue weighted by molar-refractivity contribution is -0.143. The lowest BCUT2D eigenvalue weighted by Gasteiger charge is -2.19. The highest BCUT2D eigenvalue weighted by Crippen LogP contribution is 2.45. The molecule has 0 saturated carbocycles. The number of hydrogen-bond acceptors (Lipinski definition) is 0. The van der Waals surface area contributed by atoms with Crippen LogP contribution >= 0.6 is 0 Å². The quantitative estimate of drug-likeness (QED) is 0.434. The van der Waals surface area contributed by atoms with E-state index in [0.717, 1.165) is 35.3 Å². The zero-order valence-corrected chi connectivity index (χ0v) is 17.2. The Labute approximate surface area is 172 Å². The third kappa shape index (κ3) is 4.42. The monoisotopic (exact) mass is 425 g/mol. The van der Waals surface area contributed by atoms with Crippen LogP contribution < -0.4 is 0 Å². The molecule has 1 aliphatic rings. The van der Waals surface area contributed by atoms with E-state index in [-0.39, 0.29) is 17.0 Å². The molecule has 0 amide bonds. The van der Waals surface area contributed by atoms with Crippen LogP contribution in [0.4, 0.5) is 26.3 Å². The maximum absolute atomic E-state index is 13.4. The molecule has 1 aliphatic carbocycles. The molecule has 0 unspecified atom stereocenters. The van der Waals surface area contributed by atoms with Gasteiger partial charge in [0, 0.05) is 6.42 Å². The Morgan fingerprint density at radius 2 is 1.37 bits per heavy atom. The van der Waals surface area contributed by atoms with Crippen LogP contribution in [0.3, 0.4) is 0 Å². The highest BCUT2D eigenvalue weighted by atomic mass is 19.4. The van der Waals surface area contributed by atoms with Crippen molar-refractivity contribution in [1.82, 2.24) is 0 Å². The molecule has 1 radical (unpaired) electrons. The minimum absolute atomic E-state index is 0.0581. The maximum atomic E-state index is 13.4. The number of halogens is 6. The van der Waals surface area contributed by atoms with Crippen LogP contribution in [0.15, 0.2) is 35.9 Å². The molecule has 0 aromatic heterocycles. The number of aryl methyl sites for hydroxylation is 1. The summed E-state index contributed by atoms with van der Waals surface area (Å²) in [6.07, 6.45) is -4.64. The molecule has 0 fully saturated rings. The van der Waals surface area contributed by atoms with Crippen molar-refractivity contribution in [2.45, 2.75) is 52.9 Å². The van der Waals surface area contributed by atoms with Crippen LogP contribution in [0.5, 0.6) is 0 Å². The minimum Gasteiger partial charge on any atom is -0.166 e. The van der Waals surface area contributed by atoms with E-state index in [1.165, 1.54) is 0 Å². The number of rotatable bonds is 3. The highest BCUT2D eigenvalue weighted by Gasteiger charge is 2.37. The number of alkyl halides is 6. The van der Waals surface area contributed by atoms with Crippen molar-refractivity contribution in [2.24, 2.45) is 5.41 Å². The third-order valence-electron chi connectivity index (χ3n) is 5.24. The first kappa shape index (κ1) is 22.4. The van der Waals surface area contributed by atoms with Gasteiger partial charge in [-0.15, -0.1) is 0 Å². The van der Waals surface area contributed by atoms with Gasteiger partial charge in [-0.2, -0.15) is 26.3 Å². The summed E-state index contributed by atoms with van der Waals surface area (Å²) in [7, 11) is 0. The van der Waals surface area contributed by atoms with E-state index < -0.39 is 23.5 Å². The maximum Gasteiger partial charge on any atom is 0.416 e. The Morgan fingerprint density at radius 3 is 1.83 bits per heavy atom. The van der Waals surface area contributed by atoms with Crippen LogP contribution in [0.2, 0.25) is 0 Å². The van der Waals surface area contributed by atoms with Crippen molar-refractivity contribution in [2.75, 3.05) is 0 Å². The van der Waals surface area contributed by atoms with E-state index in [1.807, 2.05) is 46.3 Å². The first-order valence-electron chi connectivity index (χ1n) is 9.74. The van der Waals surface area contributed by atoms with E-state index >= 15 is 0 Å². The van der Waals surface area contributed by atoms with E-state index in [4.69, 9.17) is 0 Å². The first-order valence-corrected chi connectivity index (χ1v) is 9.74. The molecule has 2 aromatic rings. The molecule has 30 heavy (non-hydrogen) atoms. The van der Waals surface area contributed by atoms with E-state index in [0.29, 0.717) is 17.5 Å². The Balaban J connectivity index is 2.33. The summed E-state index contributed by atoms with van der Waals surface area (Å²) in [5.41, 5.74) is 0.798. The van der Waals surface area contributed by atoms with Gasteiger partial charge in [0.25, 0.3) is 0 Å². The summed E-state index contributed by atoms with van der Waals surface area (Å²) in [5.74, 6) is 0. The van der Waals surface area contributed by atoms with Gasteiger partial charge in [0.15, 0.2) is 0 Å². The largest absolute Gasteiger partial charge is 0.416 e. The van der Waals surface area contributed by atoms with E-state index in [2.05, 4.69) is 0 Å². The number of hydrogen-bond donors (Lipinski definition) is 0. The Bertz CT molecular complexity index is 952. The second-order valence-corrected chi connectivity index (χ2v) is 8.64. The van der Waals surface area contributed by atoms with Gasteiger partial charge in [-0.3, -0.25) is 0 Å². The van der Waals surface area contributed by atoms with Crippen LogP contribution in [-0.2, 0) is 18.8 Å². The summed E-state index contributed by atoms with van der Waals surface area (Å²) in [4.78, 5) is 0. The van der Waals surface area contributed by atoms with Crippen LogP contribution in [0.25, 0.3) is 17.2 Å². The van der Waals surface area contributed by atoms with Gasteiger partial charge in [0.2, 0.25) is 0 Å². The zero-order chi connectivity index (χ0) is 22.5. The average molecular weight is 425 g/mol. The molecule has 0 spiro atoms. The summed E-state index contributed by atoms with van der Waals surface area (Å²) in [6, 6.07) is 5.52. The molecule has 0 aliphatic heterocycles. The van der Waals surface area contributed by atoms with Gasteiger partial charge in [0.05, 0.1) is 11.1 Å². The summed E-state index contributed by atoms with van der Waals surface area (Å²) in [5, 5.41) is 0. The molecule has 0 bridgehead atoms. The van der Waals surface area contributed by atoms with Gasteiger partial charge >= 0.3 is 12.4 Å². The fourth-order valence-electron chi connectivity index (χ4n) is 3.68. The molecule has 161 valence electrons. The van der Waals surface area contributed by atoms with Crippen molar-refractivity contribution >= 4 is 6.08 Å². The number of fused-ring (bicyclic) bond motifs is 1. The fraction of sp³-hybridized carbons (Fsp3) is 0.375.